The third-order valence-corrected chi connectivity index (χ3v) is 4.51. The molecule has 1 aliphatic heterocycles. The number of nitrogens with zero attached hydrogens (tertiary/aromatic N) is 4. The summed E-state index contributed by atoms with van der Waals surface area (Å²) < 4.78 is 5.37. The van der Waals surface area contributed by atoms with Crippen LogP contribution in [0.2, 0.25) is 0 Å². The second-order valence-corrected chi connectivity index (χ2v) is 6.51. The molecule has 2 aromatic heterocycles. The first kappa shape index (κ1) is 15.1. The van der Waals surface area contributed by atoms with Gasteiger partial charge < -0.3 is 14.7 Å². The minimum absolute atomic E-state index is 0.243. The van der Waals surface area contributed by atoms with Gasteiger partial charge in [-0.05, 0) is 26.2 Å². The van der Waals surface area contributed by atoms with Crippen LogP contribution in [0.25, 0.3) is 11.3 Å². The third kappa shape index (κ3) is 3.11. The Kier molecular flexibility index (Phi) is 3.92. The second-order valence-electron chi connectivity index (χ2n) is 6.51. The number of amides is 1. The van der Waals surface area contributed by atoms with Crippen LogP contribution in [0, 0.1) is 6.92 Å². The van der Waals surface area contributed by atoms with Crippen LogP contribution in [-0.4, -0.2) is 45.6 Å². The van der Waals surface area contributed by atoms with Crippen LogP contribution in [0.4, 0.5) is 5.95 Å². The highest BCUT2D eigenvalue weighted by molar-refractivity contribution is 5.78. The van der Waals surface area contributed by atoms with E-state index in [1.54, 1.807) is 0 Å². The summed E-state index contributed by atoms with van der Waals surface area (Å²) in [5.41, 5.74) is 2.81. The minimum atomic E-state index is 0.243. The van der Waals surface area contributed by atoms with E-state index in [0.717, 1.165) is 48.5 Å². The lowest BCUT2D eigenvalue weighted by Gasteiger charge is -2.16. The van der Waals surface area contributed by atoms with E-state index in [2.05, 4.69) is 15.5 Å². The topological polar surface area (TPSA) is 84.2 Å². The fraction of sp³-hybridized carbons (Fsp3) is 0.529. The van der Waals surface area contributed by atoms with E-state index in [1.807, 2.05) is 24.1 Å². The Bertz CT molecular complexity index is 753. The molecule has 24 heavy (non-hydrogen) atoms. The van der Waals surface area contributed by atoms with Gasteiger partial charge in [0.05, 0.1) is 17.0 Å². The highest BCUT2D eigenvalue weighted by Crippen LogP contribution is 2.43. The summed E-state index contributed by atoms with van der Waals surface area (Å²) in [4.78, 5) is 22.6. The molecule has 1 N–H and O–H groups in total. The van der Waals surface area contributed by atoms with E-state index < -0.39 is 0 Å². The molecule has 0 unspecified atom stereocenters. The summed E-state index contributed by atoms with van der Waals surface area (Å²) in [6.45, 7) is 4.12. The predicted octanol–water partition coefficient (Wildman–Crippen LogP) is 2.35. The van der Waals surface area contributed by atoms with Gasteiger partial charge in [-0.3, -0.25) is 4.79 Å². The summed E-state index contributed by atoms with van der Waals surface area (Å²) in [7, 11) is 0. The number of nitrogens with one attached hydrogen (secondary N) is 1. The zero-order valence-electron chi connectivity index (χ0n) is 13.8. The first-order chi connectivity index (χ1) is 11.7. The number of hydrogen-bond donors (Lipinski definition) is 1. The van der Waals surface area contributed by atoms with Crippen LogP contribution < -0.4 is 5.32 Å². The van der Waals surface area contributed by atoms with Crippen molar-refractivity contribution in [1.29, 1.82) is 0 Å². The van der Waals surface area contributed by atoms with Gasteiger partial charge in [0, 0.05) is 44.2 Å². The summed E-state index contributed by atoms with van der Waals surface area (Å²) >= 11 is 0. The van der Waals surface area contributed by atoms with E-state index in [1.165, 1.54) is 0 Å². The van der Waals surface area contributed by atoms with Gasteiger partial charge in [0.25, 0.3) is 0 Å². The van der Waals surface area contributed by atoms with Gasteiger partial charge in [0.15, 0.2) is 5.76 Å². The van der Waals surface area contributed by atoms with Crippen molar-refractivity contribution in [3.63, 3.8) is 0 Å². The molecule has 2 fully saturated rings. The van der Waals surface area contributed by atoms with Crippen LogP contribution in [0.15, 0.2) is 16.8 Å². The molecule has 3 heterocycles. The van der Waals surface area contributed by atoms with E-state index in [4.69, 9.17) is 9.51 Å². The number of likely N-dealkylation sites (tertiary alicyclic amines) is 1. The molecule has 0 bridgehead atoms. The third-order valence-electron chi connectivity index (χ3n) is 4.51. The van der Waals surface area contributed by atoms with E-state index in [0.29, 0.717) is 31.4 Å². The number of carbonyl (C=O) groups excluding carboxylic acids is 1. The normalized spacial score (nSPS) is 17.5. The van der Waals surface area contributed by atoms with Crippen LogP contribution >= 0.6 is 0 Å². The van der Waals surface area contributed by atoms with Gasteiger partial charge in [0.1, 0.15) is 0 Å². The van der Waals surface area contributed by atoms with Gasteiger partial charge in [-0.25, -0.2) is 9.97 Å². The van der Waals surface area contributed by atoms with Gasteiger partial charge in [-0.1, -0.05) is 5.16 Å². The van der Waals surface area contributed by atoms with Crippen molar-refractivity contribution in [3.05, 3.63) is 23.7 Å². The van der Waals surface area contributed by atoms with Crippen molar-refractivity contribution >= 4 is 11.9 Å². The second kappa shape index (κ2) is 6.22. The quantitative estimate of drug-likeness (QED) is 0.877. The number of aryl methyl sites for hydroxylation is 1. The Labute approximate surface area is 140 Å². The molecule has 0 spiro atoms. The fourth-order valence-electron chi connectivity index (χ4n) is 3.07. The number of hydrogen-bond acceptors (Lipinski definition) is 6. The molecule has 4 rings (SSSR count). The molecule has 126 valence electrons. The Morgan fingerprint density at radius 2 is 2.29 bits per heavy atom. The molecule has 1 amide bonds. The summed E-state index contributed by atoms with van der Waals surface area (Å²) in [5, 5.41) is 7.19. The number of rotatable bonds is 6. The Morgan fingerprint density at radius 1 is 1.42 bits per heavy atom. The molecule has 7 heteroatoms. The highest BCUT2D eigenvalue weighted by Gasteiger charge is 2.30. The van der Waals surface area contributed by atoms with E-state index >= 15 is 0 Å². The zero-order valence-corrected chi connectivity index (χ0v) is 13.8. The zero-order chi connectivity index (χ0) is 16.5. The number of aromatic nitrogens is 3. The van der Waals surface area contributed by atoms with Crippen LogP contribution in [0.1, 0.15) is 43.0 Å². The van der Waals surface area contributed by atoms with Crippen LogP contribution in [-0.2, 0) is 4.79 Å². The molecule has 2 aliphatic rings. The maximum Gasteiger partial charge on any atom is 0.222 e. The van der Waals surface area contributed by atoms with Gasteiger partial charge >= 0.3 is 0 Å². The van der Waals surface area contributed by atoms with Crippen molar-refractivity contribution in [2.75, 3.05) is 25.0 Å². The lowest BCUT2D eigenvalue weighted by molar-refractivity contribution is -0.127. The van der Waals surface area contributed by atoms with E-state index in [-0.39, 0.29) is 5.91 Å². The average Bonchev–Trinajstić information content (AvgIpc) is 3.22. The fourth-order valence-corrected chi connectivity index (χ4v) is 3.07. The lowest BCUT2D eigenvalue weighted by Crippen LogP contribution is -2.30. The maximum atomic E-state index is 11.6. The smallest absolute Gasteiger partial charge is 0.222 e. The largest absolute Gasteiger partial charge is 0.356 e. The number of carbonyl (C=O) groups is 1. The highest BCUT2D eigenvalue weighted by atomic mass is 16.5. The monoisotopic (exact) mass is 327 g/mol. The van der Waals surface area contributed by atoms with Crippen LogP contribution in [0.5, 0.6) is 0 Å². The molecule has 7 nitrogen and oxygen atoms in total. The van der Waals surface area contributed by atoms with Crippen molar-refractivity contribution in [3.8, 4) is 11.3 Å². The molecule has 0 aromatic carbocycles. The predicted molar refractivity (Wildman–Crippen MR) is 88.5 cm³/mol. The van der Waals surface area contributed by atoms with E-state index in [9.17, 15) is 4.79 Å². The molecule has 1 saturated carbocycles. The molecule has 2 aromatic rings. The molecular formula is C17H21N5O2. The Hall–Kier alpha value is -2.44. The maximum absolute atomic E-state index is 11.6. The van der Waals surface area contributed by atoms with Gasteiger partial charge in [-0.15, -0.1) is 0 Å². The van der Waals surface area contributed by atoms with Crippen LogP contribution in [0.3, 0.4) is 0 Å². The molecule has 1 aliphatic carbocycles. The minimum Gasteiger partial charge on any atom is -0.356 e. The number of anilines is 1. The first-order valence-corrected chi connectivity index (χ1v) is 8.53. The van der Waals surface area contributed by atoms with Crippen molar-refractivity contribution < 1.29 is 9.32 Å². The lowest BCUT2D eigenvalue weighted by atomic mass is 10.1. The van der Waals surface area contributed by atoms with Crippen molar-refractivity contribution in [1.82, 2.24) is 20.0 Å². The Morgan fingerprint density at radius 3 is 2.96 bits per heavy atom. The standard InChI is InChI=1S/C17H21N5O2/c1-11-9-14(24-21-11)13-10-19-17(20-16(13)12-4-5-12)18-6-8-22-7-2-3-15(22)23/h9-10,12H,2-8H2,1H3,(H,18,19,20). The summed E-state index contributed by atoms with van der Waals surface area (Å²) in [6.07, 6.45) is 5.75. The van der Waals surface area contributed by atoms with Gasteiger partial charge in [0.2, 0.25) is 11.9 Å². The van der Waals surface area contributed by atoms with Crippen molar-refractivity contribution in [2.24, 2.45) is 0 Å². The van der Waals surface area contributed by atoms with Gasteiger partial charge in [-0.2, -0.15) is 0 Å². The SMILES string of the molecule is Cc1cc(-c2cnc(NCCN3CCCC3=O)nc2C2CC2)on1. The summed E-state index contributed by atoms with van der Waals surface area (Å²) in [6, 6.07) is 1.91. The average molecular weight is 327 g/mol. The molecular weight excluding hydrogens is 306 g/mol. The first-order valence-electron chi connectivity index (χ1n) is 8.53. The summed E-state index contributed by atoms with van der Waals surface area (Å²) in [5.74, 6) is 2.06. The Balaban J connectivity index is 1.46. The molecule has 0 atom stereocenters. The molecule has 1 saturated heterocycles. The van der Waals surface area contributed by atoms with Crippen molar-refractivity contribution in [2.45, 2.75) is 38.5 Å². The molecule has 0 radical (unpaired) electrons.